The van der Waals surface area contributed by atoms with Crippen LogP contribution in [0.2, 0.25) is 0 Å². The Kier molecular flexibility index (Phi) is 5.74. The summed E-state index contributed by atoms with van der Waals surface area (Å²) in [7, 11) is 0. The zero-order chi connectivity index (χ0) is 20.4. The molecule has 2 aliphatic heterocycles. The molecule has 156 valence electrons. The summed E-state index contributed by atoms with van der Waals surface area (Å²) < 4.78 is 0. The number of primary amides is 1. The van der Waals surface area contributed by atoms with E-state index < -0.39 is 0 Å². The second-order valence-electron chi connectivity index (χ2n) is 8.57. The van der Waals surface area contributed by atoms with Crippen molar-refractivity contribution in [3.8, 4) is 0 Å². The number of amides is 3. The molecule has 0 aromatic heterocycles. The second kappa shape index (κ2) is 8.43. The number of likely N-dealkylation sites (tertiary alicyclic amines) is 1. The second-order valence-corrected chi connectivity index (χ2v) is 8.57. The Labute approximate surface area is 171 Å². The summed E-state index contributed by atoms with van der Waals surface area (Å²) >= 11 is 0. The highest BCUT2D eigenvalue weighted by Crippen LogP contribution is 2.33. The van der Waals surface area contributed by atoms with Crippen molar-refractivity contribution in [2.45, 2.75) is 38.5 Å². The van der Waals surface area contributed by atoms with E-state index in [-0.39, 0.29) is 35.5 Å². The number of benzene rings is 1. The lowest BCUT2D eigenvalue weighted by molar-refractivity contribution is -0.135. The van der Waals surface area contributed by atoms with Crippen molar-refractivity contribution in [1.29, 1.82) is 0 Å². The van der Waals surface area contributed by atoms with Gasteiger partial charge in [-0.05, 0) is 50.7 Å². The van der Waals surface area contributed by atoms with E-state index in [4.69, 9.17) is 5.73 Å². The van der Waals surface area contributed by atoms with E-state index in [1.807, 2.05) is 29.2 Å². The molecule has 1 aromatic rings. The fourth-order valence-corrected chi connectivity index (χ4v) is 4.47. The lowest BCUT2D eigenvalue weighted by Crippen LogP contribution is -2.44. The van der Waals surface area contributed by atoms with Crippen LogP contribution in [0, 0.1) is 17.8 Å². The first-order valence-corrected chi connectivity index (χ1v) is 10.8. The quantitative estimate of drug-likeness (QED) is 0.793. The normalized spacial score (nSPS) is 23.0. The largest absolute Gasteiger partial charge is 0.370 e. The van der Waals surface area contributed by atoms with E-state index in [0.29, 0.717) is 6.54 Å². The van der Waals surface area contributed by atoms with Gasteiger partial charge in [0.05, 0.1) is 17.3 Å². The molecule has 1 unspecified atom stereocenters. The summed E-state index contributed by atoms with van der Waals surface area (Å²) in [5.74, 6) is -0.0574. The van der Waals surface area contributed by atoms with Crippen LogP contribution in [-0.2, 0) is 14.4 Å². The molecule has 0 radical (unpaired) electrons. The minimum absolute atomic E-state index is 0.0160. The van der Waals surface area contributed by atoms with Crippen LogP contribution < -0.4 is 16.0 Å². The van der Waals surface area contributed by atoms with Crippen molar-refractivity contribution in [3.63, 3.8) is 0 Å². The zero-order valence-electron chi connectivity index (χ0n) is 16.8. The summed E-state index contributed by atoms with van der Waals surface area (Å²) in [6.45, 7) is 2.78. The maximum absolute atomic E-state index is 13.0. The lowest BCUT2D eigenvalue weighted by atomic mass is 9.95. The molecule has 3 fully saturated rings. The van der Waals surface area contributed by atoms with Crippen LogP contribution in [0.3, 0.4) is 0 Å². The molecule has 1 atom stereocenters. The molecule has 2 heterocycles. The fourth-order valence-electron chi connectivity index (χ4n) is 4.47. The van der Waals surface area contributed by atoms with E-state index in [9.17, 15) is 14.4 Å². The number of carbonyl (C=O) groups excluding carboxylic acids is 3. The highest BCUT2D eigenvalue weighted by molar-refractivity contribution is 5.96. The number of nitrogens with two attached hydrogens (primary N) is 1. The first-order valence-electron chi connectivity index (χ1n) is 10.8. The first-order chi connectivity index (χ1) is 14.0. The molecule has 2 saturated heterocycles. The highest BCUT2D eigenvalue weighted by Gasteiger charge is 2.37. The Morgan fingerprint density at radius 3 is 2.31 bits per heavy atom. The minimum atomic E-state index is -0.228. The molecule has 1 aromatic carbocycles. The molecular weight excluding hydrogens is 368 g/mol. The van der Waals surface area contributed by atoms with Gasteiger partial charge in [0.1, 0.15) is 0 Å². The van der Waals surface area contributed by atoms with Gasteiger partial charge < -0.3 is 20.9 Å². The monoisotopic (exact) mass is 398 g/mol. The van der Waals surface area contributed by atoms with Crippen molar-refractivity contribution in [2.75, 3.05) is 36.4 Å². The average molecular weight is 399 g/mol. The van der Waals surface area contributed by atoms with E-state index in [1.165, 1.54) is 0 Å². The van der Waals surface area contributed by atoms with Crippen LogP contribution in [-0.4, -0.2) is 48.8 Å². The maximum atomic E-state index is 13.0. The van der Waals surface area contributed by atoms with E-state index in [0.717, 1.165) is 69.5 Å². The molecule has 4 rings (SSSR count). The van der Waals surface area contributed by atoms with Crippen LogP contribution in [0.15, 0.2) is 24.3 Å². The molecule has 0 bridgehead atoms. The van der Waals surface area contributed by atoms with Crippen molar-refractivity contribution in [3.05, 3.63) is 24.3 Å². The summed E-state index contributed by atoms with van der Waals surface area (Å²) in [5, 5.41) is 3.11. The van der Waals surface area contributed by atoms with Gasteiger partial charge in [0.25, 0.3) is 0 Å². The van der Waals surface area contributed by atoms with E-state index >= 15 is 0 Å². The van der Waals surface area contributed by atoms with Gasteiger partial charge >= 0.3 is 0 Å². The molecule has 0 spiro atoms. The molecule has 1 aliphatic carbocycles. The van der Waals surface area contributed by atoms with Crippen LogP contribution in [0.4, 0.5) is 11.4 Å². The number of nitrogens with zero attached hydrogens (tertiary/aromatic N) is 2. The van der Waals surface area contributed by atoms with Gasteiger partial charge in [-0.15, -0.1) is 0 Å². The van der Waals surface area contributed by atoms with Crippen LogP contribution in [0.25, 0.3) is 0 Å². The standard InChI is InChI=1S/C22H30N4O3/c23-20(27)15-9-12-25(13-10-15)19-6-2-1-5-18(19)24-21(28)17-4-3-11-26(14-17)22(29)16-7-8-16/h1-2,5-6,15-17H,3-4,7-14H2,(H2,23,27)(H,24,28). The Balaban J connectivity index is 1.40. The molecule has 3 N–H and O–H groups in total. The number of hydrogen-bond acceptors (Lipinski definition) is 4. The predicted molar refractivity (Wildman–Crippen MR) is 111 cm³/mol. The number of rotatable bonds is 5. The van der Waals surface area contributed by atoms with Crippen molar-refractivity contribution < 1.29 is 14.4 Å². The SMILES string of the molecule is NC(=O)C1CCN(c2ccccc2NC(=O)C2CCCN(C(=O)C3CC3)C2)CC1. The average Bonchev–Trinajstić information content (AvgIpc) is 3.59. The molecule has 7 nitrogen and oxygen atoms in total. The third-order valence-corrected chi connectivity index (χ3v) is 6.43. The minimum Gasteiger partial charge on any atom is -0.370 e. The van der Waals surface area contributed by atoms with Crippen LogP contribution in [0.5, 0.6) is 0 Å². The van der Waals surface area contributed by atoms with Gasteiger partial charge in [-0.1, -0.05) is 12.1 Å². The van der Waals surface area contributed by atoms with Gasteiger partial charge in [0.15, 0.2) is 0 Å². The number of nitrogens with one attached hydrogen (secondary N) is 1. The summed E-state index contributed by atoms with van der Waals surface area (Å²) in [5.41, 5.74) is 7.21. The smallest absolute Gasteiger partial charge is 0.229 e. The van der Waals surface area contributed by atoms with Crippen LogP contribution >= 0.6 is 0 Å². The van der Waals surface area contributed by atoms with Gasteiger partial charge in [0, 0.05) is 38.0 Å². The molecule has 1 saturated carbocycles. The van der Waals surface area contributed by atoms with Gasteiger partial charge in [-0.3, -0.25) is 14.4 Å². The van der Waals surface area contributed by atoms with Gasteiger partial charge in [-0.25, -0.2) is 0 Å². The van der Waals surface area contributed by atoms with E-state index in [2.05, 4.69) is 10.2 Å². The number of anilines is 2. The number of carbonyl (C=O) groups is 3. The van der Waals surface area contributed by atoms with E-state index in [1.54, 1.807) is 0 Å². The fraction of sp³-hybridized carbons (Fsp3) is 0.591. The molecular formula is C22H30N4O3. The lowest BCUT2D eigenvalue weighted by Gasteiger charge is -2.34. The first kappa shape index (κ1) is 19.7. The number of piperidine rings is 2. The van der Waals surface area contributed by atoms with Crippen molar-refractivity contribution in [2.24, 2.45) is 23.5 Å². The molecule has 7 heteroatoms. The highest BCUT2D eigenvalue weighted by atomic mass is 16.2. The number of para-hydroxylation sites is 2. The Morgan fingerprint density at radius 2 is 1.62 bits per heavy atom. The Bertz CT molecular complexity index is 784. The number of hydrogen-bond donors (Lipinski definition) is 2. The third kappa shape index (κ3) is 4.54. The Morgan fingerprint density at radius 1 is 0.897 bits per heavy atom. The van der Waals surface area contributed by atoms with Crippen LogP contribution in [0.1, 0.15) is 38.5 Å². The Hall–Kier alpha value is -2.57. The molecule has 29 heavy (non-hydrogen) atoms. The van der Waals surface area contributed by atoms with Crippen molar-refractivity contribution >= 4 is 29.1 Å². The van der Waals surface area contributed by atoms with Gasteiger partial charge in [0.2, 0.25) is 17.7 Å². The van der Waals surface area contributed by atoms with Crippen molar-refractivity contribution in [1.82, 2.24) is 4.90 Å². The maximum Gasteiger partial charge on any atom is 0.229 e. The molecule has 3 amide bonds. The summed E-state index contributed by atoms with van der Waals surface area (Å²) in [6.07, 6.45) is 5.14. The topological polar surface area (TPSA) is 95.7 Å². The molecule has 3 aliphatic rings. The zero-order valence-corrected chi connectivity index (χ0v) is 16.8. The summed E-state index contributed by atoms with van der Waals surface area (Å²) in [4.78, 5) is 40.9. The third-order valence-electron chi connectivity index (χ3n) is 6.43. The van der Waals surface area contributed by atoms with Gasteiger partial charge in [-0.2, -0.15) is 0 Å². The summed E-state index contributed by atoms with van der Waals surface area (Å²) in [6, 6.07) is 7.80. The predicted octanol–water partition coefficient (Wildman–Crippen LogP) is 1.98.